The van der Waals surface area contributed by atoms with Gasteiger partial charge in [-0.3, -0.25) is 0 Å². The molecule has 1 aromatic heterocycles. The van der Waals surface area contributed by atoms with Crippen LogP contribution in [0.15, 0.2) is 97.1 Å². The van der Waals surface area contributed by atoms with E-state index in [1.54, 1.807) is 0 Å². The fourth-order valence-electron chi connectivity index (χ4n) is 4.83. The minimum atomic E-state index is -0.521. The molecule has 4 aromatic carbocycles. The van der Waals surface area contributed by atoms with Crippen LogP contribution in [0.4, 0.5) is 0 Å². The Bertz CT molecular complexity index is 1300. The van der Waals surface area contributed by atoms with Crippen LogP contribution in [-0.2, 0) is 19.6 Å². The van der Waals surface area contributed by atoms with Gasteiger partial charge in [-0.1, -0.05) is 83.9 Å². The van der Waals surface area contributed by atoms with Crippen molar-refractivity contribution in [3.05, 3.63) is 118 Å². The van der Waals surface area contributed by atoms with Crippen LogP contribution in [0.3, 0.4) is 0 Å². The third-order valence-corrected chi connectivity index (χ3v) is 6.77. The summed E-state index contributed by atoms with van der Waals surface area (Å²) in [6.07, 6.45) is -0.521. The molecule has 0 saturated heterocycles. The van der Waals surface area contributed by atoms with Crippen molar-refractivity contribution in [3.63, 3.8) is 0 Å². The van der Waals surface area contributed by atoms with Crippen molar-refractivity contribution in [2.45, 2.75) is 25.7 Å². The van der Waals surface area contributed by atoms with Crippen LogP contribution in [0.2, 0.25) is 10.0 Å². The second kappa shape index (κ2) is 10.2. The highest BCUT2D eigenvalue weighted by Gasteiger charge is 2.20. The lowest BCUT2D eigenvalue weighted by Crippen LogP contribution is -3.10. The Kier molecular flexibility index (Phi) is 6.89. The van der Waals surface area contributed by atoms with Crippen molar-refractivity contribution in [1.82, 2.24) is 4.57 Å². The highest BCUT2D eigenvalue weighted by Crippen LogP contribution is 2.33. The maximum Gasteiger partial charge on any atom is 0.121 e. The number of hydrogen-bond donors (Lipinski definition) is 2. The van der Waals surface area contributed by atoms with Gasteiger partial charge < -0.3 is 14.6 Å². The number of aliphatic hydroxyl groups is 1. The first-order valence-corrected chi connectivity index (χ1v) is 12.3. The number of rotatable bonds is 8. The van der Waals surface area contributed by atoms with Crippen LogP contribution in [0, 0.1) is 0 Å². The number of benzene rings is 4. The van der Waals surface area contributed by atoms with Gasteiger partial charge in [-0.25, -0.2) is 0 Å². The van der Waals surface area contributed by atoms with Crippen LogP contribution in [-0.4, -0.2) is 22.3 Å². The molecule has 0 aliphatic rings. The molecular weight excluding hydrogens is 463 g/mol. The first-order valence-electron chi connectivity index (χ1n) is 11.5. The van der Waals surface area contributed by atoms with E-state index in [9.17, 15) is 5.11 Å². The normalized spacial score (nSPS) is 12.6. The lowest BCUT2D eigenvalue weighted by Gasteiger charge is -2.23. The Morgan fingerprint density at radius 3 is 1.62 bits per heavy atom. The Labute approximate surface area is 209 Å². The van der Waals surface area contributed by atoms with E-state index >= 15 is 0 Å². The minimum Gasteiger partial charge on any atom is -0.385 e. The molecule has 5 rings (SSSR count). The Hall–Kier alpha value is -2.82. The van der Waals surface area contributed by atoms with Crippen molar-refractivity contribution in [3.8, 4) is 0 Å². The van der Waals surface area contributed by atoms with Crippen LogP contribution in [0.5, 0.6) is 0 Å². The van der Waals surface area contributed by atoms with Crippen LogP contribution < -0.4 is 4.90 Å². The van der Waals surface area contributed by atoms with Gasteiger partial charge in [0.05, 0.1) is 6.54 Å². The maximum absolute atomic E-state index is 11.3. The average Bonchev–Trinajstić information content (AvgIpc) is 3.12. The van der Waals surface area contributed by atoms with E-state index in [0.717, 1.165) is 34.9 Å². The molecule has 34 heavy (non-hydrogen) atoms. The van der Waals surface area contributed by atoms with E-state index in [0.29, 0.717) is 23.1 Å². The number of aliphatic hydroxyl groups excluding tert-OH is 1. The van der Waals surface area contributed by atoms with Gasteiger partial charge in [-0.15, -0.1) is 0 Å². The van der Waals surface area contributed by atoms with E-state index in [1.165, 1.54) is 16.0 Å². The van der Waals surface area contributed by atoms with Gasteiger partial charge in [0, 0.05) is 43.0 Å². The summed E-state index contributed by atoms with van der Waals surface area (Å²) >= 11 is 12.6. The fraction of sp³-hybridized carbons (Fsp3) is 0.172. The summed E-state index contributed by atoms with van der Waals surface area (Å²) in [5.74, 6) is 0. The molecule has 3 nitrogen and oxygen atoms in total. The molecule has 1 heterocycles. The number of nitrogens with one attached hydrogen (secondary N) is 1. The quantitative estimate of drug-likeness (QED) is 0.285. The SMILES string of the molecule is O[C@H](Cn1c2ccc(Cl)cc2c2cc(Cl)ccc21)C[NH+](Cc1ccccc1)Cc1ccccc1. The number of quaternary nitrogens is 1. The van der Waals surface area contributed by atoms with Crippen molar-refractivity contribution in [2.24, 2.45) is 0 Å². The van der Waals surface area contributed by atoms with Crippen molar-refractivity contribution in [2.75, 3.05) is 6.54 Å². The summed E-state index contributed by atoms with van der Waals surface area (Å²) in [5.41, 5.74) is 4.63. The molecular formula is C29H27Cl2N2O+. The summed E-state index contributed by atoms with van der Waals surface area (Å²) in [5, 5.41) is 14.8. The largest absolute Gasteiger partial charge is 0.385 e. The molecule has 0 fully saturated rings. The average molecular weight is 490 g/mol. The van der Waals surface area contributed by atoms with Gasteiger partial charge >= 0.3 is 0 Å². The number of halogens is 2. The monoisotopic (exact) mass is 489 g/mol. The maximum atomic E-state index is 11.3. The highest BCUT2D eigenvalue weighted by molar-refractivity contribution is 6.33. The third kappa shape index (κ3) is 5.13. The van der Waals surface area contributed by atoms with E-state index in [4.69, 9.17) is 23.2 Å². The summed E-state index contributed by atoms with van der Waals surface area (Å²) in [6.45, 7) is 2.83. The number of nitrogens with zero attached hydrogens (tertiary/aromatic N) is 1. The summed E-state index contributed by atoms with van der Waals surface area (Å²) in [7, 11) is 0. The zero-order chi connectivity index (χ0) is 23.5. The molecule has 5 aromatic rings. The molecule has 0 spiro atoms. The number of fused-ring (bicyclic) bond motifs is 3. The Morgan fingerprint density at radius 1 is 0.676 bits per heavy atom. The second-order valence-corrected chi connectivity index (χ2v) is 9.74. The first-order chi connectivity index (χ1) is 16.6. The van der Waals surface area contributed by atoms with Gasteiger partial charge in [0.1, 0.15) is 25.7 Å². The number of hydrogen-bond acceptors (Lipinski definition) is 1. The van der Waals surface area contributed by atoms with Gasteiger partial charge in [-0.05, 0) is 36.4 Å². The molecule has 0 bridgehead atoms. The predicted octanol–water partition coefficient (Wildman–Crippen LogP) is 5.75. The zero-order valence-electron chi connectivity index (χ0n) is 18.8. The van der Waals surface area contributed by atoms with Crippen LogP contribution in [0.25, 0.3) is 21.8 Å². The highest BCUT2D eigenvalue weighted by atomic mass is 35.5. The van der Waals surface area contributed by atoms with Gasteiger partial charge in [0.25, 0.3) is 0 Å². The smallest absolute Gasteiger partial charge is 0.121 e. The second-order valence-electron chi connectivity index (χ2n) is 8.87. The van der Waals surface area contributed by atoms with Gasteiger partial charge in [0.15, 0.2) is 0 Å². The fourth-order valence-corrected chi connectivity index (χ4v) is 5.17. The molecule has 0 saturated carbocycles. The van der Waals surface area contributed by atoms with E-state index < -0.39 is 6.10 Å². The van der Waals surface area contributed by atoms with Crippen LogP contribution >= 0.6 is 23.2 Å². The molecule has 1 atom stereocenters. The minimum absolute atomic E-state index is 0.496. The van der Waals surface area contributed by atoms with Crippen molar-refractivity contribution >= 4 is 45.0 Å². The van der Waals surface area contributed by atoms with Crippen molar-refractivity contribution < 1.29 is 10.0 Å². The molecule has 0 unspecified atom stereocenters. The molecule has 5 heteroatoms. The van der Waals surface area contributed by atoms with Gasteiger partial charge in [0.2, 0.25) is 0 Å². The summed E-state index contributed by atoms with van der Waals surface area (Å²) < 4.78 is 2.19. The lowest BCUT2D eigenvalue weighted by molar-refractivity contribution is -0.930. The zero-order valence-corrected chi connectivity index (χ0v) is 20.3. The van der Waals surface area contributed by atoms with E-state index in [2.05, 4.69) is 53.1 Å². The van der Waals surface area contributed by atoms with Crippen LogP contribution in [0.1, 0.15) is 11.1 Å². The molecule has 0 radical (unpaired) electrons. The lowest BCUT2D eigenvalue weighted by atomic mass is 10.1. The molecule has 0 aliphatic carbocycles. The number of aromatic nitrogens is 1. The Morgan fingerprint density at radius 2 is 1.15 bits per heavy atom. The summed E-state index contributed by atoms with van der Waals surface area (Å²) in [6, 6.07) is 32.7. The van der Waals surface area contributed by atoms with E-state index in [1.807, 2.05) is 48.5 Å². The molecule has 0 amide bonds. The molecule has 0 aliphatic heterocycles. The first kappa shape index (κ1) is 22.9. The third-order valence-electron chi connectivity index (χ3n) is 6.30. The predicted molar refractivity (Wildman–Crippen MR) is 142 cm³/mol. The molecule has 2 N–H and O–H groups in total. The topological polar surface area (TPSA) is 29.6 Å². The summed E-state index contributed by atoms with van der Waals surface area (Å²) in [4.78, 5) is 1.32. The standard InChI is InChI=1S/C29H26Cl2N2O/c30-23-11-13-28-26(15-23)27-16-24(31)12-14-29(27)33(28)20-25(34)19-32(17-21-7-3-1-4-8-21)18-22-9-5-2-6-10-22/h1-16,25,34H,17-20H2/p+1/t25-/m0/s1. The molecule has 172 valence electrons. The van der Waals surface area contributed by atoms with Gasteiger partial charge in [-0.2, -0.15) is 0 Å². The van der Waals surface area contributed by atoms with E-state index in [-0.39, 0.29) is 0 Å². The Balaban J connectivity index is 1.43. The van der Waals surface area contributed by atoms with Crippen molar-refractivity contribution in [1.29, 1.82) is 0 Å².